The number of fused-ring (bicyclic) bond motifs is 1. The molecule has 0 unspecified atom stereocenters. The molecule has 0 atom stereocenters. The minimum atomic E-state index is -0.335. The Morgan fingerprint density at radius 1 is 1.50 bits per heavy atom. The third-order valence-electron chi connectivity index (χ3n) is 3.57. The van der Waals surface area contributed by atoms with E-state index in [0.29, 0.717) is 19.5 Å². The van der Waals surface area contributed by atoms with Crippen LogP contribution >= 0.6 is 0 Å². The first-order chi connectivity index (χ1) is 8.69. The lowest BCUT2D eigenvalue weighted by atomic mass is 10.0. The van der Waals surface area contributed by atoms with Gasteiger partial charge in [-0.05, 0) is 24.5 Å². The second-order valence-corrected chi connectivity index (χ2v) is 4.91. The molecule has 1 aliphatic carbocycles. The van der Waals surface area contributed by atoms with Gasteiger partial charge < -0.3 is 9.88 Å². The number of amides is 1. The van der Waals surface area contributed by atoms with Gasteiger partial charge in [-0.1, -0.05) is 0 Å². The first-order valence-corrected chi connectivity index (χ1v) is 6.13. The molecule has 1 saturated carbocycles. The number of H-pyrrole nitrogens is 1. The van der Waals surface area contributed by atoms with Gasteiger partial charge in [0.1, 0.15) is 11.6 Å². The van der Waals surface area contributed by atoms with Crippen LogP contribution in [0.25, 0.3) is 0 Å². The van der Waals surface area contributed by atoms with Crippen molar-refractivity contribution in [2.45, 2.75) is 25.8 Å². The Kier molecular flexibility index (Phi) is 2.44. The van der Waals surface area contributed by atoms with E-state index in [-0.39, 0.29) is 22.9 Å². The molecule has 1 fully saturated rings. The van der Waals surface area contributed by atoms with Crippen molar-refractivity contribution in [3.63, 3.8) is 0 Å². The topological polar surface area (TPSA) is 77.0 Å². The number of aromatic amines is 1. The molecule has 1 aromatic rings. The van der Waals surface area contributed by atoms with Gasteiger partial charge in [-0.2, -0.15) is 5.26 Å². The number of hydrogen-bond acceptors (Lipinski definition) is 3. The second-order valence-electron chi connectivity index (χ2n) is 4.91. The highest BCUT2D eigenvalue weighted by Crippen LogP contribution is 2.32. The molecule has 1 amide bonds. The van der Waals surface area contributed by atoms with Crippen LogP contribution in [0.5, 0.6) is 0 Å². The summed E-state index contributed by atoms with van der Waals surface area (Å²) < 4.78 is 0. The minimum Gasteiger partial charge on any atom is -0.338 e. The summed E-state index contributed by atoms with van der Waals surface area (Å²) in [6.07, 6.45) is 2.66. The van der Waals surface area contributed by atoms with Gasteiger partial charge in [0.25, 0.3) is 5.56 Å². The largest absolute Gasteiger partial charge is 0.338 e. The van der Waals surface area contributed by atoms with Crippen molar-refractivity contribution >= 4 is 5.91 Å². The number of nitrogens with one attached hydrogen (secondary N) is 1. The summed E-state index contributed by atoms with van der Waals surface area (Å²) in [5.74, 6) is 0.426. The maximum absolute atomic E-state index is 12.0. The molecule has 0 radical (unpaired) electrons. The van der Waals surface area contributed by atoms with Crippen molar-refractivity contribution in [3.8, 4) is 6.07 Å². The average Bonchev–Trinajstić information content (AvgIpc) is 3.21. The smallest absolute Gasteiger partial charge is 0.266 e. The monoisotopic (exact) mass is 243 g/mol. The normalized spacial score (nSPS) is 18.1. The van der Waals surface area contributed by atoms with Crippen LogP contribution in [-0.2, 0) is 17.8 Å². The summed E-state index contributed by atoms with van der Waals surface area (Å²) in [5.41, 5.74) is 1.54. The van der Waals surface area contributed by atoms with E-state index in [2.05, 4.69) is 4.98 Å². The Morgan fingerprint density at radius 2 is 2.28 bits per heavy atom. The summed E-state index contributed by atoms with van der Waals surface area (Å²) in [4.78, 5) is 28.0. The molecular formula is C13H13N3O2. The zero-order valence-electron chi connectivity index (χ0n) is 9.90. The van der Waals surface area contributed by atoms with Crippen molar-refractivity contribution in [2.24, 2.45) is 5.92 Å². The summed E-state index contributed by atoms with van der Waals surface area (Å²) >= 11 is 0. The van der Waals surface area contributed by atoms with Crippen LogP contribution in [0, 0.1) is 17.2 Å². The third-order valence-corrected chi connectivity index (χ3v) is 3.57. The number of carbonyl (C=O) groups excluding carboxylic acids is 1. The van der Waals surface area contributed by atoms with Gasteiger partial charge >= 0.3 is 0 Å². The Morgan fingerprint density at radius 3 is 2.94 bits per heavy atom. The van der Waals surface area contributed by atoms with Gasteiger partial charge in [-0.25, -0.2) is 0 Å². The highest BCUT2D eigenvalue weighted by atomic mass is 16.2. The molecule has 5 heteroatoms. The van der Waals surface area contributed by atoms with Gasteiger partial charge in [0.15, 0.2) is 0 Å². The number of nitriles is 1. The van der Waals surface area contributed by atoms with E-state index < -0.39 is 0 Å². The van der Waals surface area contributed by atoms with Crippen molar-refractivity contribution in [1.82, 2.24) is 9.88 Å². The average molecular weight is 243 g/mol. The quantitative estimate of drug-likeness (QED) is 0.782. The molecule has 0 saturated heterocycles. The standard InChI is InChI=1S/C13H13N3O2/c14-6-9-5-10-7-16(13(18)8-1-2-8)4-3-11(10)15-12(9)17/h5,8H,1-4,7H2,(H,15,17). The van der Waals surface area contributed by atoms with Crippen LogP contribution in [0.2, 0.25) is 0 Å². The molecule has 1 aliphatic heterocycles. The van der Waals surface area contributed by atoms with Gasteiger partial charge in [0.2, 0.25) is 5.91 Å². The Labute approximate surface area is 104 Å². The van der Waals surface area contributed by atoms with E-state index in [1.807, 2.05) is 11.0 Å². The number of pyridine rings is 1. The lowest BCUT2D eigenvalue weighted by Gasteiger charge is -2.28. The van der Waals surface area contributed by atoms with Gasteiger partial charge in [0.05, 0.1) is 0 Å². The predicted molar refractivity (Wildman–Crippen MR) is 63.6 cm³/mol. The van der Waals surface area contributed by atoms with Crippen LogP contribution < -0.4 is 5.56 Å². The molecule has 18 heavy (non-hydrogen) atoms. The fraction of sp³-hybridized carbons (Fsp3) is 0.462. The molecule has 92 valence electrons. The van der Waals surface area contributed by atoms with Gasteiger partial charge in [0, 0.05) is 31.1 Å². The molecule has 1 aromatic heterocycles. The Bertz CT molecular complexity index is 608. The Hall–Kier alpha value is -2.09. The highest BCUT2D eigenvalue weighted by Gasteiger charge is 2.34. The minimum absolute atomic E-state index is 0.120. The van der Waals surface area contributed by atoms with Crippen molar-refractivity contribution in [1.29, 1.82) is 5.26 Å². The molecule has 1 N–H and O–H groups in total. The fourth-order valence-electron chi connectivity index (χ4n) is 2.37. The highest BCUT2D eigenvalue weighted by molar-refractivity contribution is 5.81. The van der Waals surface area contributed by atoms with Crippen LogP contribution in [0.3, 0.4) is 0 Å². The summed E-state index contributed by atoms with van der Waals surface area (Å²) in [6, 6.07) is 3.49. The Balaban J connectivity index is 1.90. The van der Waals surface area contributed by atoms with Gasteiger partial charge in [-0.3, -0.25) is 9.59 Å². The van der Waals surface area contributed by atoms with Crippen molar-refractivity contribution in [3.05, 3.63) is 33.2 Å². The van der Waals surface area contributed by atoms with Crippen LogP contribution in [-0.4, -0.2) is 22.3 Å². The zero-order chi connectivity index (χ0) is 12.7. The number of nitrogens with zero attached hydrogens (tertiary/aromatic N) is 2. The molecule has 0 bridgehead atoms. The summed E-state index contributed by atoms with van der Waals surface area (Å²) in [6.45, 7) is 1.17. The van der Waals surface area contributed by atoms with E-state index in [0.717, 1.165) is 24.1 Å². The van der Waals surface area contributed by atoms with E-state index in [9.17, 15) is 9.59 Å². The van der Waals surface area contributed by atoms with E-state index in [4.69, 9.17) is 5.26 Å². The second kappa shape index (κ2) is 3.98. The van der Waals surface area contributed by atoms with Gasteiger partial charge in [-0.15, -0.1) is 0 Å². The van der Waals surface area contributed by atoms with Crippen LogP contribution in [0.4, 0.5) is 0 Å². The lowest BCUT2D eigenvalue weighted by Crippen LogP contribution is -2.38. The summed E-state index contributed by atoms with van der Waals surface area (Å²) in [5, 5.41) is 8.84. The first kappa shape index (κ1) is 11.0. The SMILES string of the molecule is N#Cc1cc2c([nH]c1=O)CCN(C(=O)C1CC1)C2. The lowest BCUT2D eigenvalue weighted by molar-refractivity contribution is -0.133. The first-order valence-electron chi connectivity index (χ1n) is 6.13. The number of hydrogen-bond donors (Lipinski definition) is 1. The molecule has 2 aliphatic rings. The summed E-state index contributed by atoms with van der Waals surface area (Å²) in [7, 11) is 0. The van der Waals surface area contributed by atoms with E-state index in [1.54, 1.807) is 6.07 Å². The maximum atomic E-state index is 12.0. The molecule has 0 aromatic carbocycles. The zero-order valence-corrected chi connectivity index (χ0v) is 9.90. The molecule has 2 heterocycles. The van der Waals surface area contributed by atoms with E-state index >= 15 is 0 Å². The van der Waals surface area contributed by atoms with Crippen LogP contribution in [0.15, 0.2) is 10.9 Å². The molecular weight excluding hydrogens is 230 g/mol. The van der Waals surface area contributed by atoms with Crippen LogP contribution in [0.1, 0.15) is 29.7 Å². The van der Waals surface area contributed by atoms with Crippen molar-refractivity contribution < 1.29 is 4.79 Å². The fourth-order valence-corrected chi connectivity index (χ4v) is 2.37. The number of carbonyl (C=O) groups is 1. The van der Waals surface area contributed by atoms with E-state index in [1.165, 1.54) is 0 Å². The number of rotatable bonds is 1. The molecule has 5 nitrogen and oxygen atoms in total. The maximum Gasteiger partial charge on any atom is 0.266 e. The molecule has 0 spiro atoms. The molecule has 3 rings (SSSR count). The van der Waals surface area contributed by atoms with Crippen molar-refractivity contribution in [2.75, 3.05) is 6.54 Å². The predicted octanol–water partition coefficient (Wildman–Crippen LogP) is 0.541. The third kappa shape index (κ3) is 1.80. The number of aromatic nitrogens is 1.